The summed E-state index contributed by atoms with van der Waals surface area (Å²) in [5, 5.41) is 5.14. The molecule has 0 radical (unpaired) electrons. The van der Waals surface area contributed by atoms with Crippen molar-refractivity contribution in [3.63, 3.8) is 0 Å². The van der Waals surface area contributed by atoms with Gasteiger partial charge in [0.2, 0.25) is 0 Å². The predicted molar refractivity (Wildman–Crippen MR) is 76.9 cm³/mol. The summed E-state index contributed by atoms with van der Waals surface area (Å²) in [6.07, 6.45) is 0. The molecular weight excluding hydrogens is 289 g/mol. The van der Waals surface area contributed by atoms with Crippen molar-refractivity contribution < 1.29 is 0 Å². The van der Waals surface area contributed by atoms with Gasteiger partial charge in [-0.3, -0.25) is 0 Å². The first-order chi connectivity index (χ1) is 8.58. The fraction of sp³-hybridized carbons (Fsp3) is 0.167. The molecule has 3 nitrogen and oxygen atoms in total. The number of rotatable bonds is 3. The van der Waals surface area contributed by atoms with Crippen molar-refractivity contribution in [1.29, 1.82) is 0 Å². The molecule has 1 N–H and O–H groups in total. The summed E-state index contributed by atoms with van der Waals surface area (Å²) in [5.41, 5.74) is 0. The third-order valence-corrected chi connectivity index (χ3v) is 3.83. The average Bonchev–Trinajstić information content (AvgIpc) is 2.33. The Hall–Kier alpha value is -0.970. The molecule has 6 heteroatoms. The van der Waals surface area contributed by atoms with E-state index in [1.54, 1.807) is 12.1 Å². The largest absolute Gasteiger partial charge is 0.373 e. The number of nitrogens with one attached hydrogen (secondary N) is 1. The average molecular weight is 300 g/mol. The van der Waals surface area contributed by atoms with Gasteiger partial charge in [-0.05, 0) is 25.1 Å². The normalized spacial score (nSPS) is 10.4. The molecule has 0 amide bonds. The third-order valence-electron chi connectivity index (χ3n) is 2.18. The zero-order chi connectivity index (χ0) is 13.1. The Morgan fingerprint density at radius 3 is 2.67 bits per heavy atom. The highest BCUT2D eigenvalue weighted by molar-refractivity contribution is 7.99. The van der Waals surface area contributed by atoms with E-state index in [4.69, 9.17) is 23.2 Å². The van der Waals surface area contributed by atoms with Crippen molar-refractivity contribution in [1.82, 2.24) is 9.97 Å². The summed E-state index contributed by atoms with van der Waals surface area (Å²) >= 11 is 13.5. The number of halogens is 2. The summed E-state index contributed by atoms with van der Waals surface area (Å²) in [7, 11) is 1.82. The van der Waals surface area contributed by atoms with Gasteiger partial charge >= 0.3 is 0 Å². The third kappa shape index (κ3) is 3.28. The molecule has 1 aromatic carbocycles. The lowest BCUT2D eigenvalue weighted by Crippen LogP contribution is -1.97. The van der Waals surface area contributed by atoms with Crippen LogP contribution >= 0.6 is 35.0 Å². The van der Waals surface area contributed by atoms with E-state index in [1.165, 1.54) is 11.8 Å². The lowest BCUT2D eigenvalue weighted by molar-refractivity contribution is 0.969. The second-order valence-corrected chi connectivity index (χ2v) is 5.47. The van der Waals surface area contributed by atoms with E-state index in [0.29, 0.717) is 15.9 Å². The van der Waals surface area contributed by atoms with Gasteiger partial charge in [0, 0.05) is 23.0 Å². The minimum absolute atomic E-state index is 0.654. The van der Waals surface area contributed by atoms with Gasteiger partial charge in [0.15, 0.2) is 0 Å². The van der Waals surface area contributed by atoms with Gasteiger partial charge in [0.05, 0.1) is 5.02 Å². The van der Waals surface area contributed by atoms with Crippen molar-refractivity contribution in [2.75, 3.05) is 12.4 Å². The monoisotopic (exact) mass is 299 g/mol. The molecule has 1 heterocycles. The highest BCUT2D eigenvalue weighted by Crippen LogP contribution is 2.34. The van der Waals surface area contributed by atoms with E-state index < -0.39 is 0 Å². The molecule has 0 saturated heterocycles. The highest BCUT2D eigenvalue weighted by atomic mass is 35.5. The van der Waals surface area contributed by atoms with Gasteiger partial charge in [-0.1, -0.05) is 35.0 Å². The van der Waals surface area contributed by atoms with Crippen molar-refractivity contribution in [3.8, 4) is 0 Å². The smallest absolute Gasteiger partial charge is 0.130 e. The fourth-order valence-electron chi connectivity index (χ4n) is 1.39. The van der Waals surface area contributed by atoms with Crippen LogP contribution in [0.3, 0.4) is 0 Å². The zero-order valence-corrected chi connectivity index (χ0v) is 12.2. The summed E-state index contributed by atoms with van der Waals surface area (Å²) in [4.78, 5) is 9.48. The van der Waals surface area contributed by atoms with Gasteiger partial charge < -0.3 is 5.32 Å². The number of nitrogens with zero attached hydrogens (tertiary/aromatic N) is 2. The lowest BCUT2D eigenvalue weighted by Gasteiger charge is -2.07. The first-order valence-electron chi connectivity index (χ1n) is 5.25. The van der Waals surface area contributed by atoms with E-state index in [2.05, 4.69) is 15.3 Å². The molecule has 94 valence electrons. The lowest BCUT2D eigenvalue weighted by atomic mass is 10.4. The quantitative estimate of drug-likeness (QED) is 0.858. The number of aromatic nitrogens is 2. The van der Waals surface area contributed by atoms with Crippen LogP contribution in [0.15, 0.2) is 34.2 Å². The Morgan fingerprint density at radius 2 is 1.94 bits per heavy atom. The molecule has 0 atom stereocenters. The van der Waals surface area contributed by atoms with Gasteiger partial charge in [-0.25, -0.2) is 9.97 Å². The van der Waals surface area contributed by atoms with Crippen LogP contribution in [0.1, 0.15) is 5.82 Å². The Kier molecular flexibility index (Phi) is 4.32. The number of benzene rings is 1. The van der Waals surface area contributed by atoms with Gasteiger partial charge in [-0.2, -0.15) is 0 Å². The second kappa shape index (κ2) is 5.78. The molecule has 0 unspecified atom stereocenters. The number of hydrogen-bond donors (Lipinski definition) is 1. The van der Waals surface area contributed by atoms with Crippen LogP contribution in [0.25, 0.3) is 0 Å². The van der Waals surface area contributed by atoms with Gasteiger partial charge in [-0.15, -0.1) is 0 Å². The molecule has 2 aromatic rings. The minimum atomic E-state index is 0.654. The van der Waals surface area contributed by atoms with Crippen LogP contribution in [-0.2, 0) is 0 Å². The van der Waals surface area contributed by atoms with Crippen molar-refractivity contribution >= 4 is 40.8 Å². The molecule has 2 rings (SSSR count). The van der Waals surface area contributed by atoms with Gasteiger partial charge in [0.1, 0.15) is 16.7 Å². The van der Waals surface area contributed by atoms with E-state index >= 15 is 0 Å². The van der Waals surface area contributed by atoms with Crippen LogP contribution in [-0.4, -0.2) is 17.0 Å². The molecule has 0 fully saturated rings. The first-order valence-corrected chi connectivity index (χ1v) is 6.82. The van der Waals surface area contributed by atoms with E-state index in [-0.39, 0.29) is 0 Å². The van der Waals surface area contributed by atoms with E-state index in [1.807, 2.05) is 26.1 Å². The second-order valence-electron chi connectivity index (χ2n) is 3.57. The number of aryl methyl sites for hydroxylation is 1. The van der Waals surface area contributed by atoms with Crippen molar-refractivity contribution in [2.45, 2.75) is 16.8 Å². The molecule has 18 heavy (non-hydrogen) atoms. The molecular formula is C12H11Cl2N3S. The first kappa shape index (κ1) is 13.5. The SMILES string of the molecule is CNc1cc(Sc2cc(Cl)ccc2Cl)nc(C)n1. The minimum Gasteiger partial charge on any atom is -0.373 e. The summed E-state index contributed by atoms with van der Waals surface area (Å²) in [6, 6.07) is 7.23. The molecule has 0 bridgehead atoms. The Labute approximate surface area is 120 Å². The van der Waals surface area contributed by atoms with Crippen LogP contribution in [0, 0.1) is 6.92 Å². The highest BCUT2D eigenvalue weighted by Gasteiger charge is 2.07. The Bertz CT molecular complexity index is 575. The number of anilines is 1. The maximum atomic E-state index is 6.12. The molecule has 0 aliphatic rings. The number of hydrogen-bond acceptors (Lipinski definition) is 4. The van der Waals surface area contributed by atoms with Crippen LogP contribution in [0.4, 0.5) is 5.82 Å². The molecule has 1 aromatic heterocycles. The topological polar surface area (TPSA) is 37.8 Å². The standard InChI is InChI=1S/C12H11Cl2N3S/c1-7-16-11(15-2)6-12(17-7)18-10-5-8(13)3-4-9(10)14/h3-6H,1-2H3,(H,15,16,17). The fourth-order valence-corrected chi connectivity index (χ4v) is 2.78. The molecule has 0 saturated carbocycles. The van der Waals surface area contributed by atoms with Gasteiger partial charge in [0.25, 0.3) is 0 Å². The molecule has 0 aliphatic heterocycles. The molecule has 0 spiro atoms. The van der Waals surface area contributed by atoms with E-state index in [0.717, 1.165) is 15.7 Å². The maximum Gasteiger partial charge on any atom is 0.130 e. The molecule has 0 aliphatic carbocycles. The zero-order valence-electron chi connectivity index (χ0n) is 9.87. The van der Waals surface area contributed by atoms with Crippen LogP contribution in [0.2, 0.25) is 10.0 Å². The van der Waals surface area contributed by atoms with Crippen molar-refractivity contribution in [2.24, 2.45) is 0 Å². The summed E-state index contributed by atoms with van der Waals surface area (Å²) < 4.78 is 0. The maximum absolute atomic E-state index is 6.12. The van der Waals surface area contributed by atoms with Crippen molar-refractivity contribution in [3.05, 3.63) is 40.1 Å². The van der Waals surface area contributed by atoms with Crippen LogP contribution < -0.4 is 5.32 Å². The predicted octanol–water partition coefficient (Wildman–Crippen LogP) is 4.28. The van der Waals surface area contributed by atoms with Crippen LogP contribution in [0.5, 0.6) is 0 Å². The summed E-state index contributed by atoms with van der Waals surface area (Å²) in [6.45, 7) is 1.85. The summed E-state index contributed by atoms with van der Waals surface area (Å²) in [5.74, 6) is 1.49. The Balaban J connectivity index is 2.33. The van der Waals surface area contributed by atoms with E-state index in [9.17, 15) is 0 Å². The Morgan fingerprint density at radius 1 is 1.17 bits per heavy atom.